The van der Waals surface area contributed by atoms with E-state index in [-0.39, 0.29) is 29.7 Å². The Kier molecular flexibility index (Phi) is 4.54. The van der Waals surface area contributed by atoms with Crippen LogP contribution in [-0.4, -0.2) is 53.7 Å². The van der Waals surface area contributed by atoms with E-state index in [2.05, 4.69) is 26.1 Å². The molecule has 0 bridgehead atoms. The Morgan fingerprint density at radius 1 is 1.20 bits per heavy atom. The molecule has 2 aliphatic heterocycles. The number of fused-ring (bicyclic) bond motifs is 1. The third-order valence-corrected chi connectivity index (χ3v) is 4.78. The van der Waals surface area contributed by atoms with Crippen molar-refractivity contribution in [1.29, 1.82) is 0 Å². The molecule has 25 heavy (non-hydrogen) atoms. The minimum atomic E-state index is -0.189. The summed E-state index contributed by atoms with van der Waals surface area (Å²) in [5.74, 6) is -0.346. The molecule has 1 saturated heterocycles. The lowest BCUT2D eigenvalue weighted by molar-refractivity contribution is -0.135. The van der Waals surface area contributed by atoms with Gasteiger partial charge in [-0.05, 0) is 29.5 Å². The number of piperazine rings is 1. The number of rotatable bonds is 3. The summed E-state index contributed by atoms with van der Waals surface area (Å²) in [6, 6.07) is 5.18. The molecule has 6 heteroatoms. The highest BCUT2D eigenvalue weighted by Crippen LogP contribution is 2.21. The Balaban J connectivity index is 1.64. The van der Waals surface area contributed by atoms with Crippen molar-refractivity contribution in [2.75, 3.05) is 26.2 Å². The van der Waals surface area contributed by atoms with Crippen LogP contribution < -0.4 is 5.32 Å². The van der Waals surface area contributed by atoms with E-state index >= 15 is 0 Å². The first kappa shape index (κ1) is 17.5. The average molecular weight is 343 g/mol. The highest BCUT2D eigenvalue weighted by molar-refractivity contribution is 6.03. The maximum absolute atomic E-state index is 12.7. The van der Waals surface area contributed by atoms with Crippen LogP contribution in [0.3, 0.4) is 0 Å². The van der Waals surface area contributed by atoms with E-state index < -0.39 is 0 Å². The minimum Gasteiger partial charge on any atom is -0.348 e. The second-order valence-corrected chi connectivity index (χ2v) is 7.97. The van der Waals surface area contributed by atoms with E-state index in [1.54, 1.807) is 17.0 Å². The third kappa shape index (κ3) is 3.83. The lowest BCUT2D eigenvalue weighted by Crippen LogP contribution is -2.52. The molecule has 134 valence electrons. The number of amides is 3. The fraction of sp³-hybridized carbons (Fsp3) is 0.526. The Labute approximate surface area is 148 Å². The average Bonchev–Trinajstić information content (AvgIpc) is 2.93. The SMILES string of the molecule is CC(C)(C)CCN1CCN(C(=O)c2ccc3c(c2)C(=O)NC3)CC1=O. The predicted molar refractivity (Wildman–Crippen MR) is 94.2 cm³/mol. The summed E-state index contributed by atoms with van der Waals surface area (Å²) in [4.78, 5) is 40.2. The third-order valence-electron chi connectivity index (χ3n) is 4.78. The molecule has 3 amide bonds. The Morgan fingerprint density at radius 3 is 2.64 bits per heavy atom. The molecule has 3 rings (SSSR count). The van der Waals surface area contributed by atoms with Gasteiger partial charge in [0.1, 0.15) is 6.54 Å². The summed E-state index contributed by atoms with van der Waals surface area (Å²) in [6.07, 6.45) is 0.937. The van der Waals surface area contributed by atoms with Gasteiger partial charge in [-0.3, -0.25) is 14.4 Å². The normalized spacial score (nSPS) is 17.6. The maximum atomic E-state index is 12.7. The monoisotopic (exact) mass is 343 g/mol. The van der Waals surface area contributed by atoms with Crippen LogP contribution >= 0.6 is 0 Å². The number of carbonyl (C=O) groups excluding carboxylic acids is 3. The highest BCUT2D eigenvalue weighted by Gasteiger charge is 2.29. The molecule has 2 heterocycles. The Morgan fingerprint density at radius 2 is 1.96 bits per heavy atom. The molecule has 1 aromatic rings. The van der Waals surface area contributed by atoms with Crippen molar-refractivity contribution in [1.82, 2.24) is 15.1 Å². The molecular weight excluding hydrogens is 318 g/mol. The van der Waals surface area contributed by atoms with Crippen LogP contribution in [-0.2, 0) is 11.3 Å². The molecule has 0 aliphatic carbocycles. The van der Waals surface area contributed by atoms with Gasteiger partial charge in [0.05, 0.1) is 0 Å². The van der Waals surface area contributed by atoms with Crippen LogP contribution in [0, 0.1) is 5.41 Å². The second-order valence-electron chi connectivity index (χ2n) is 7.97. The molecule has 0 radical (unpaired) electrons. The summed E-state index contributed by atoms with van der Waals surface area (Å²) < 4.78 is 0. The van der Waals surface area contributed by atoms with Crippen LogP contribution in [0.5, 0.6) is 0 Å². The van der Waals surface area contributed by atoms with E-state index in [1.165, 1.54) is 0 Å². The van der Waals surface area contributed by atoms with E-state index in [9.17, 15) is 14.4 Å². The van der Waals surface area contributed by atoms with Crippen molar-refractivity contribution in [2.45, 2.75) is 33.7 Å². The smallest absolute Gasteiger partial charge is 0.254 e. The number of nitrogens with one attached hydrogen (secondary N) is 1. The zero-order valence-corrected chi connectivity index (χ0v) is 15.1. The number of nitrogens with zero attached hydrogens (tertiary/aromatic N) is 2. The molecule has 0 saturated carbocycles. The minimum absolute atomic E-state index is 0.0113. The summed E-state index contributed by atoms with van der Waals surface area (Å²) in [6.45, 7) is 8.89. The molecule has 6 nitrogen and oxygen atoms in total. The number of benzene rings is 1. The molecule has 0 spiro atoms. The van der Waals surface area contributed by atoms with E-state index in [0.717, 1.165) is 18.5 Å². The van der Waals surface area contributed by atoms with Crippen LogP contribution in [0.1, 0.15) is 53.5 Å². The summed E-state index contributed by atoms with van der Waals surface area (Å²) >= 11 is 0. The zero-order valence-electron chi connectivity index (χ0n) is 15.1. The van der Waals surface area contributed by atoms with Gasteiger partial charge in [0.25, 0.3) is 11.8 Å². The van der Waals surface area contributed by atoms with Gasteiger partial charge in [0.2, 0.25) is 5.91 Å². The van der Waals surface area contributed by atoms with Crippen LogP contribution in [0.25, 0.3) is 0 Å². The van der Waals surface area contributed by atoms with Crippen molar-refractivity contribution in [3.8, 4) is 0 Å². The molecule has 0 atom stereocenters. The quantitative estimate of drug-likeness (QED) is 0.907. The fourth-order valence-corrected chi connectivity index (χ4v) is 3.12. The molecule has 0 aromatic heterocycles. The van der Waals surface area contributed by atoms with Crippen molar-refractivity contribution in [3.05, 3.63) is 34.9 Å². The summed E-state index contributed by atoms with van der Waals surface area (Å²) in [5.41, 5.74) is 2.11. The first-order valence-electron chi connectivity index (χ1n) is 8.73. The summed E-state index contributed by atoms with van der Waals surface area (Å²) in [5, 5.41) is 2.75. The maximum Gasteiger partial charge on any atom is 0.254 e. The molecule has 1 aromatic carbocycles. The van der Waals surface area contributed by atoms with Crippen molar-refractivity contribution >= 4 is 17.7 Å². The van der Waals surface area contributed by atoms with Crippen molar-refractivity contribution in [2.24, 2.45) is 5.41 Å². The first-order chi connectivity index (χ1) is 11.7. The summed E-state index contributed by atoms with van der Waals surface area (Å²) in [7, 11) is 0. The van der Waals surface area contributed by atoms with Gasteiger partial charge in [0, 0.05) is 37.3 Å². The second kappa shape index (κ2) is 6.50. The highest BCUT2D eigenvalue weighted by atomic mass is 16.2. The molecule has 2 aliphatic rings. The van der Waals surface area contributed by atoms with Crippen molar-refractivity contribution in [3.63, 3.8) is 0 Å². The van der Waals surface area contributed by atoms with E-state index in [4.69, 9.17) is 0 Å². The van der Waals surface area contributed by atoms with Gasteiger partial charge in [-0.2, -0.15) is 0 Å². The molecular formula is C19H25N3O3. The molecule has 1 fully saturated rings. The van der Waals surface area contributed by atoms with Gasteiger partial charge in [-0.1, -0.05) is 26.8 Å². The Hall–Kier alpha value is -2.37. The molecule has 1 N–H and O–H groups in total. The number of hydrogen-bond acceptors (Lipinski definition) is 3. The lowest BCUT2D eigenvalue weighted by Gasteiger charge is -2.35. The number of hydrogen-bond donors (Lipinski definition) is 1. The van der Waals surface area contributed by atoms with Crippen LogP contribution in [0.2, 0.25) is 0 Å². The first-order valence-corrected chi connectivity index (χ1v) is 8.73. The van der Waals surface area contributed by atoms with Crippen molar-refractivity contribution < 1.29 is 14.4 Å². The lowest BCUT2D eigenvalue weighted by atomic mass is 9.92. The van der Waals surface area contributed by atoms with Crippen LogP contribution in [0.15, 0.2) is 18.2 Å². The van der Waals surface area contributed by atoms with Gasteiger partial charge in [-0.25, -0.2) is 0 Å². The van der Waals surface area contributed by atoms with E-state index in [0.29, 0.717) is 30.8 Å². The van der Waals surface area contributed by atoms with Crippen LogP contribution in [0.4, 0.5) is 0 Å². The van der Waals surface area contributed by atoms with Gasteiger partial charge < -0.3 is 15.1 Å². The predicted octanol–water partition coefficient (Wildman–Crippen LogP) is 1.65. The van der Waals surface area contributed by atoms with E-state index in [1.807, 2.05) is 11.0 Å². The van der Waals surface area contributed by atoms with Gasteiger partial charge >= 0.3 is 0 Å². The molecule has 0 unspecified atom stereocenters. The zero-order chi connectivity index (χ0) is 18.2. The Bertz CT molecular complexity index is 721. The topological polar surface area (TPSA) is 69.7 Å². The standard InChI is InChI=1S/C19H25N3O3/c1-19(2,3)6-7-21-8-9-22(12-16(21)23)18(25)13-4-5-14-11-20-17(24)15(14)10-13/h4-5,10H,6-9,11-12H2,1-3H3,(H,20,24). The largest absolute Gasteiger partial charge is 0.348 e. The van der Waals surface area contributed by atoms with Gasteiger partial charge in [-0.15, -0.1) is 0 Å². The van der Waals surface area contributed by atoms with Gasteiger partial charge in [0.15, 0.2) is 0 Å². The number of carbonyl (C=O) groups is 3. The fourth-order valence-electron chi connectivity index (χ4n) is 3.12.